The number of alkyl halides is 1. The van der Waals surface area contributed by atoms with Crippen molar-refractivity contribution in [1.82, 2.24) is 0 Å². The van der Waals surface area contributed by atoms with E-state index in [4.69, 9.17) is 0 Å². The Kier molecular flexibility index (Phi) is 5.43. The summed E-state index contributed by atoms with van der Waals surface area (Å²) in [4.78, 5) is 0. The fourth-order valence-electron chi connectivity index (χ4n) is 8.53. The molecular formula is C24H39I. The molecule has 25 heavy (non-hydrogen) atoms. The third-order valence-electron chi connectivity index (χ3n) is 9.76. The highest BCUT2D eigenvalue weighted by molar-refractivity contribution is 14.1. The van der Waals surface area contributed by atoms with Crippen molar-refractivity contribution in [1.29, 1.82) is 0 Å². The summed E-state index contributed by atoms with van der Waals surface area (Å²) in [6.45, 7) is 0. The molecule has 0 saturated heterocycles. The van der Waals surface area contributed by atoms with E-state index in [0.29, 0.717) is 0 Å². The van der Waals surface area contributed by atoms with E-state index in [2.05, 4.69) is 22.6 Å². The van der Waals surface area contributed by atoms with Crippen LogP contribution < -0.4 is 0 Å². The lowest BCUT2D eigenvalue weighted by molar-refractivity contribution is -0.0107. The maximum atomic E-state index is 2.73. The van der Waals surface area contributed by atoms with Crippen molar-refractivity contribution in [3.63, 3.8) is 0 Å². The first-order chi connectivity index (χ1) is 12.3. The van der Waals surface area contributed by atoms with Crippen LogP contribution >= 0.6 is 22.6 Å². The zero-order chi connectivity index (χ0) is 16.8. The van der Waals surface area contributed by atoms with Gasteiger partial charge in [-0.05, 0) is 124 Å². The minimum absolute atomic E-state index is 0.997. The molecule has 0 amide bonds. The number of hydrogen-bond acceptors (Lipinski definition) is 0. The van der Waals surface area contributed by atoms with Crippen molar-refractivity contribution in [2.24, 2.45) is 47.3 Å². The van der Waals surface area contributed by atoms with Gasteiger partial charge in [-0.25, -0.2) is 0 Å². The molecular weight excluding hydrogens is 415 g/mol. The molecule has 0 radical (unpaired) electrons. The van der Waals surface area contributed by atoms with Crippen molar-refractivity contribution in [2.75, 3.05) is 0 Å². The van der Waals surface area contributed by atoms with Gasteiger partial charge in [-0.2, -0.15) is 0 Å². The Bertz CT molecular complexity index is 459. The maximum absolute atomic E-state index is 2.73. The Morgan fingerprint density at radius 2 is 0.920 bits per heavy atom. The largest absolute Gasteiger partial charge is 0.0826 e. The Morgan fingerprint density at radius 1 is 0.400 bits per heavy atom. The zero-order valence-electron chi connectivity index (χ0n) is 16.2. The van der Waals surface area contributed by atoms with Gasteiger partial charge in [-0.1, -0.05) is 41.9 Å². The average molecular weight is 454 g/mol. The molecule has 0 nitrogen and oxygen atoms in total. The lowest BCUT2D eigenvalue weighted by Crippen LogP contribution is -2.42. The highest BCUT2D eigenvalue weighted by Gasteiger charge is 2.45. The van der Waals surface area contributed by atoms with E-state index >= 15 is 0 Å². The second-order valence-electron chi connectivity index (χ2n) is 10.8. The Balaban J connectivity index is 1.20. The highest BCUT2D eigenvalue weighted by Crippen LogP contribution is 2.55. The molecule has 142 valence electrons. The van der Waals surface area contributed by atoms with Crippen LogP contribution in [0.25, 0.3) is 0 Å². The number of hydrogen-bond donors (Lipinski definition) is 0. The SMILES string of the molecule is IC1CCC2CC(C3CCC4C(CC[C@H]5CCCCC45)C3)CCC2C1. The van der Waals surface area contributed by atoms with Gasteiger partial charge in [0.2, 0.25) is 0 Å². The number of rotatable bonds is 1. The Labute approximate surface area is 169 Å². The van der Waals surface area contributed by atoms with Crippen LogP contribution in [0.3, 0.4) is 0 Å². The van der Waals surface area contributed by atoms with Gasteiger partial charge in [-0.3, -0.25) is 0 Å². The minimum Gasteiger partial charge on any atom is -0.0826 e. The van der Waals surface area contributed by atoms with Crippen LogP contribution in [0, 0.1) is 47.3 Å². The highest BCUT2D eigenvalue weighted by atomic mass is 127. The van der Waals surface area contributed by atoms with E-state index in [1.54, 1.807) is 89.9 Å². The van der Waals surface area contributed by atoms with Gasteiger partial charge in [0.25, 0.3) is 0 Å². The van der Waals surface area contributed by atoms with Crippen molar-refractivity contribution in [3.05, 3.63) is 0 Å². The third-order valence-corrected chi connectivity index (χ3v) is 10.9. The quantitative estimate of drug-likeness (QED) is 0.282. The summed E-state index contributed by atoms with van der Waals surface area (Å²) in [7, 11) is 0. The van der Waals surface area contributed by atoms with Gasteiger partial charge in [0.15, 0.2) is 0 Å². The topological polar surface area (TPSA) is 0 Å². The molecule has 8 unspecified atom stereocenters. The molecule has 5 rings (SSSR count). The minimum atomic E-state index is 0.997. The fourth-order valence-corrected chi connectivity index (χ4v) is 9.54. The van der Waals surface area contributed by atoms with Crippen molar-refractivity contribution in [3.8, 4) is 0 Å². The van der Waals surface area contributed by atoms with E-state index < -0.39 is 0 Å². The predicted octanol–water partition coefficient (Wildman–Crippen LogP) is 7.64. The van der Waals surface area contributed by atoms with Gasteiger partial charge in [0.05, 0.1) is 0 Å². The lowest BCUT2D eigenvalue weighted by Gasteiger charge is -2.51. The van der Waals surface area contributed by atoms with Crippen LogP contribution in [0.2, 0.25) is 0 Å². The van der Waals surface area contributed by atoms with Gasteiger partial charge in [0, 0.05) is 3.92 Å². The molecule has 5 fully saturated rings. The van der Waals surface area contributed by atoms with Crippen LogP contribution in [-0.2, 0) is 0 Å². The Hall–Kier alpha value is 0.730. The van der Waals surface area contributed by atoms with E-state index in [9.17, 15) is 0 Å². The molecule has 0 spiro atoms. The first kappa shape index (κ1) is 17.8. The monoisotopic (exact) mass is 454 g/mol. The molecule has 0 bridgehead atoms. The summed E-state index contributed by atoms with van der Waals surface area (Å²) < 4.78 is 0.997. The molecule has 0 aliphatic heterocycles. The van der Waals surface area contributed by atoms with Crippen LogP contribution in [-0.4, -0.2) is 3.92 Å². The molecule has 0 aromatic carbocycles. The molecule has 5 aliphatic rings. The summed E-state index contributed by atoms with van der Waals surface area (Å²) in [5.41, 5.74) is 0. The number of fused-ring (bicyclic) bond motifs is 4. The van der Waals surface area contributed by atoms with Crippen LogP contribution in [0.5, 0.6) is 0 Å². The van der Waals surface area contributed by atoms with E-state index in [-0.39, 0.29) is 0 Å². The molecule has 1 heteroatoms. The summed E-state index contributed by atoms with van der Waals surface area (Å²) in [5.74, 6) is 9.07. The first-order valence-electron chi connectivity index (χ1n) is 11.9. The summed E-state index contributed by atoms with van der Waals surface area (Å²) in [6.07, 6.45) is 23.8. The smallest absolute Gasteiger partial charge is 0.0112 e. The second-order valence-corrected chi connectivity index (χ2v) is 12.5. The second kappa shape index (κ2) is 7.63. The van der Waals surface area contributed by atoms with Crippen LogP contribution in [0.1, 0.15) is 96.3 Å². The van der Waals surface area contributed by atoms with Gasteiger partial charge in [0.1, 0.15) is 0 Å². The first-order valence-corrected chi connectivity index (χ1v) is 13.2. The predicted molar refractivity (Wildman–Crippen MR) is 115 cm³/mol. The molecule has 0 heterocycles. The van der Waals surface area contributed by atoms with E-state index in [1.807, 2.05) is 0 Å². The maximum Gasteiger partial charge on any atom is 0.0112 e. The van der Waals surface area contributed by atoms with Crippen LogP contribution in [0.4, 0.5) is 0 Å². The molecule has 9 atom stereocenters. The fraction of sp³-hybridized carbons (Fsp3) is 1.00. The van der Waals surface area contributed by atoms with Crippen molar-refractivity contribution >= 4 is 22.6 Å². The van der Waals surface area contributed by atoms with Gasteiger partial charge in [-0.15, -0.1) is 0 Å². The summed E-state index contributed by atoms with van der Waals surface area (Å²) >= 11 is 2.73. The van der Waals surface area contributed by atoms with Gasteiger partial charge < -0.3 is 0 Å². The molecule has 5 saturated carbocycles. The molecule has 0 aromatic rings. The third kappa shape index (κ3) is 3.58. The molecule has 0 aromatic heterocycles. The summed E-state index contributed by atoms with van der Waals surface area (Å²) in [5, 5.41) is 0. The van der Waals surface area contributed by atoms with Crippen molar-refractivity contribution in [2.45, 2.75) is 100 Å². The van der Waals surface area contributed by atoms with Crippen LogP contribution in [0.15, 0.2) is 0 Å². The molecule has 5 aliphatic carbocycles. The van der Waals surface area contributed by atoms with E-state index in [1.165, 1.54) is 6.42 Å². The standard InChI is InChI=1S/C24H39I/c25-22-11-9-18-13-17(6-7-20(18)15-22)19-10-12-24-21(14-19)8-5-16-3-1-2-4-23(16)24/h16-24H,1-15H2/t16-,17?,18?,19?,20?,21?,22?,23?,24?/m1/s1. The Morgan fingerprint density at radius 3 is 1.76 bits per heavy atom. The average Bonchev–Trinajstić information content (AvgIpc) is 2.67. The van der Waals surface area contributed by atoms with Crippen molar-refractivity contribution < 1.29 is 0 Å². The normalized spacial score (nSPS) is 53.4. The molecule has 0 N–H and O–H groups in total. The zero-order valence-corrected chi connectivity index (χ0v) is 18.3. The van der Waals surface area contributed by atoms with E-state index in [0.717, 1.165) is 51.3 Å². The summed E-state index contributed by atoms with van der Waals surface area (Å²) in [6, 6.07) is 0. The van der Waals surface area contributed by atoms with Gasteiger partial charge >= 0.3 is 0 Å². The lowest BCUT2D eigenvalue weighted by atomic mass is 9.54. The number of halogens is 1.